The third kappa shape index (κ3) is 2.64. The molecule has 2 aromatic rings. The molecule has 0 bridgehead atoms. The van der Waals surface area contributed by atoms with Crippen LogP contribution in [0, 0.1) is 13.8 Å². The number of nitrogens with zero attached hydrogens (tertiary/aromatic N) is 2. The van der Waals surface area contributed by atoms with Gasteiger partial charge in [-0.15, -0.1) is 11.3 Å². The second kappa shape index (κ2) is 5.24. The van der Waals surface area contributed by atoms with Crippen LogP contribution in [0.1, 0.15) is 27.4 Å². The van der Waals surface area contributed by atoms with Crippen LogP contribution in [0.3, 0.4) is 0 Å². The predicted octanol–water partition coefficient (Wildman–Crippen LogP) is 3.39. The van der Waals surface area contributed by atoms with Crippen molar-refractivity contribution in [3.05, 3.63) is 37.8 Å². The number of aromatic nitrogens is 1. The van der Waals surface area contributed by atoms with Crippen LogP contribution >= 0.6 is 27.3 Å². The zero-order valence-corrected chi connectivity index (χ0v) is 12.8. The van der Waals surface area contributed by atoms with E-state index < -0.39 is 0 Å². The maximum Gasteiger partial charge on any atom is 0.254 e. The first-order chi connectivity index (χ1) is 8.49. The molecule has 1 amide bonds. The molecule has 0 aliphatic carbocycles. The molecule has 6 heteroatoms. The van der Waals surface area contributed by atoms with Crippen LogP contribution in [0.4, 0.5) is 0 Å². The molecule has 0 radical (unpaired) electrons. The molecular weight excluding hydrogens is 316 g/mol. The van der Waals surface area contributed by atoms with E-state index >= 15 is 0 Å². The number of amides is 1. The highest BCUT2D eigenvalue weighted by atomic mass is 79.9. The van der Waals surface area contributed by atoms with Gasteiger partial charge in [-0.25, -0.2) is 0 Å². The van der Waals surface area contributed by atoms with Gasteiger partial charge in [0.15, 0.2) is 0 Å². The largest absolute Gasteiger partial charge is 0.361 e. The van der Waals surface area contributed by atoms with Crippen molar-refractivity contribution in [1.82, 2.24) is 10.1 Å². The van der Waals surface area contributed by atoms with Gasteiger partial charge in [-0.3, -0.25) is 4.79 Å². The summed E-state index contributed by atoms with van der Waals surface area (Å²) in [6.07, 6.45) is 0. The summed E-state index contributed by atoms with van der Waals surface area (Å²) >= 11 is 4.86. The van der Waals surface area contributed by atoms with Crippen molar-refractivity contribution in [2.75, 3.05) is 7.05 Å². The van der Waals surface area contributed by atoms with Crippen LogP contribution in [0.2, 0.25) is 0 Å². The summed E-state index contributed by atoms with van der Waals surface area (Å²) in [6.45, 7) is 4.24. The first-order valence-electron chi connectivity index (χ1n) is 5.40. The standard InChI is InChI=1S/C12H13BrN2O2S/c1-7-10(8(2)17-14-7)5-15(3)12(16)9-4-11(13)18-6-9/h4,6H,5H2,1-3H3. The summed E-state index contributed by atoms with van der Waals surface area (Å²) < 4.78 is 6.05. The number of rotatable bonds is 3. The molecule has 18 heavy (non-hydrogen) atoms. The monoisotopic (exact) mass is 328 g/mol. The van der Waals surface area contributed by atoms with Crippen LogP contribution in [0.15, 0.2) is 19.8 Å². The number of thiophene rings is 1. The van der Waals surface area contributed by atoms with Crippen LogP contribution in [0.25, 0.3) is 0 Å². The minimum absolute atomic E-state index is 0.00282. The Morgan fingerprint density at radius 2 is 2.28 bits per heavy atom. The first kappa shape index (κ1) is 13.3. The lowest BCUT2D eigenvalue weighted by Gasteiger charge is -2.16. The minimum Gasteiger partial charge on any atom is -0.361 e. The molecule has 2 rings (SSSR count). The van der Waals surface area contributed by atoms with Gasteiger partial charge in [0.25, 0.3) is 5.91 Å². The van der Waals surface area contributed by atoms with Crippen LogP contribution in [0.5, 0.6) is 0 Å². The third-order valence-corrected chi connectivity index (χ3v) is 4.24. The van der Waals surface area contributed by atoms with E-state index in [9.17, 15) is 4.79 Å². The van der Waals surface area contributed by atoms with E-state index in [1.807, 2.05) is 25.3 Å². The Morgan fingerprint density at radius 3 is 2.78 bits per heavy atom. The number of hydrogen-bond donors (Lipinski definition) is 0. The fourth-order valence-electron chi connectivity index (χ4n) is 1.68. The summed E-state index contributed by atoms with van der Waals surface area (Å²) in [5.41, 5.74) is 2.50. The molecule has 0 N–H and O–H groups in total. The van der Waals surface area contributed by atoms with Crippen molar-refractivity contribution in [3.8, 4) is 0 Å². The molecule has 0 aliphatic rings. The van der Waals surface area contributed by atoms with Crippen molar-refractivity contribution >= 4 is 33.2 Å². The topological polar surface area (TPSA) is 46.3 Å². The maximum atomic E-state index is 12.2. The van der Waals surface area contributed by atoms with Gasteiger partial charge < -0.3 is 9.42 Å². The minimum atomic E-state index is -0.00282. The van der Waals surface area contributed by atoms with Gasteiger partial charge >= 0.3 is 0 Å². The Morgan fingerprint density at radius 1 is 1.56 bits per heavy atom. The normalized spacial score (nSPS) is 10.7. The second-order valence-electron chi connectivity index (χ2n) is 4.10. The Labute approximate surface area is 118 Å². The summed E-state index contributed by atoms with van der Waals surface area (Å²) in [7, 11) is 1.78. The van der Waals surface area contributed by atoms with E-state index in [1.165, 1.54) is 11.3 Å². The number of carbonyl (C=O) groups is 1. The number of hydrogen-bond acceptors (Lipinski definition) is 4. The van der Waals surface area contributed by atoms with Crippen molar-refractivity contribution in [2.45, 2.75) is 20.4 Å². The molecule has 4 nitrogen and oxygen atoms in total. The summed E-state index contributed by atoms with van der Waals surface area (Å²) in [5, 5.41) is 5.73. The number of aryl methyl sites for hydroxylation is 2. The zero-order chi connectivity index (χ0) is 13.3. The molecule has 0 saturated carbocycles. The van der Waals surface area contributed by atoms with Crippen molar-refractivity contribution < 1.29 is 9.32 Å². The third-order valence-electron chi connectivity index (χ3n) is 2.74. The fraction of sp³-hybridized carbons (Fsp3) is 0.333. The molecule has 0 spiro atoms. The quantitative estimate of drug-likeness (QED) is 0.867. The molecule has 2 aromatic heterocycles. The molecule has 2 heterocycles. The van der Waals surface area contributed by atoms with Crippen LogP contribution in [-0.2, 0) is 6.54 Å². The average molecular weight is 329 g/mol. The van der Waals surface area contributed by atoms with Crippen molar-refractivity contribution in [1.29, 1.82) is 0 Å². The lowest BCUT2D eigenvalue weighted by Crippen LogP contribution is -2.26. The highest BCUT2D eigenvalue weighted by Crippen LogP contribution is 2.22. The van der Waals surface area contributed by atoms with Crippen LogP contribution in [-0.4, -0.2) is 23.0 Å². The first-order valence-corrected chi connectivity index (χ1v) is 7.07. The Kier molecular flexibility index (Phi) is 3.87. The molecule has 0 fully saturated rings. The molecule has 0 unspecified atom stereocenters. The molecule has 0 saturated heterocycles. The SMILES string of the molecule is Cc1noc(C)c1CN(C)C(=O)c1csc(Br)c1. The van der Waals surface area contributed by atoms with E-state index in [4.69, 9.17) is 4.52 Å². The lowest BCUT2D eigenvalue weighted by molar-refractivity contribution is 0.0785. The highest BCUT2D eigenvalue weighted by molar-refractivity contribution is 9.11. The van der Waals surface area contributed by atoms with E-state index in [2.05, 4.69) is 21.1 Å². The summed E-state index contributed by atoms with van der Waals surface area (Å²) in [6, 6.07) is 1.83. The number of carbonyl (C=O) groups excluding carboxylic acids is 1. The van der Waals surface area contributed by atoms with Gasteiger partial charge in [0, 0.05) is 18.0 Å². The predicted molar refractivity (Wildman–Crippen MR) is 73.8 cm³/mol. The molecule has 96 valence electrons. The van der Waals surface area contributed by atoms with Gasteiger partial charge in [-0.05, 0) is 35.8 Å². The smallest absolute Gasteiger partial charge is 0.254 e. The summed E-state index contributed by atoms with van der Waals surface area (Å²) in [5.74, 6) is 0.760. The second-order valence-corrected chi connectivity index (χ2v) is 6.39. The zero-order valence-electron chi connectivity index (χ0n) is 10.4. The Bertz CT molecular complexity index is 557. The molecule has 0 aliphatic heterocycles. The molecule has 0 aromatic carbocycles. The van der Waals surface area contributed by atoms with E-state index in [-0.39, 0.29) is 5.91 Å². The van der Waals surface area contributed by atoms with Gasteiger partial charge in [0.1, 0.15) is 5.76 Å². The van der Waals surface area contributed by atoms with Gasteiger partial charge in [-0.2, -0.15) is 0 Å². The highest BCUT2D eigenvalue weighted by Gasteiger charge is 2.17. The van der Waals surface area contributed by atoms with E-state index in [0.717, 1.165) is 20.8 Å². The van der Waals surface area contributed by atoms with Crippen LogP contribution < -0.4 is 0 Å². The number of halogens is 1. The Balaban J connectivity index is 2.13. The van der Waals surface area contributed by atoms with Gasteiger partial charge in [-0.1, -0.05) is 5.16 Å². The summed E-state index contributed by atoms with van der Waals surface area (Å²) in [4.78, 5) is 13.8. The van der Waals surface area contributed by atoms with E-state index in [1.54, 1.807) is 11.9 Å². The van der Waals surface area contributed by atoms with Crippen molar-refractivity contribution in [2.24, 2.45) is 0 Å². The molecule has 0 atom stereocenters. The lowest BCUT2D eigenvalue weighted by atomic mass is 10.2. The Hall–Kier alpha value is -1.14. The van der Waals surface area contributed by atoms with Gasteiger partial charge in [0.05, 0.1) is 21.6 Å². The average Bonchev–Trinajstić information content (AvgIpc) is 2.89. The van der Waals surface area contributed by atoms with E-state index in [0.29, 0.717) is 12.1 Å². The fourth-order valence-corrected chi connectivity index (χ4v) is 2.81. The molecular formula is C12H13BrN2O2S. The van der Waals surface area contributed by atoms with Gasteiger partial charge in [0.2, 0.25) is 0 Å². The maximum absolute atomic E-state index is 12.2. The van der Waals surface area contributed by atoms with Crippen molar-refractivity contribution in [3.63, 3.8) is 0 Å².